The van der Waals surface area contributed by atoms with Crippen LogP contribution in [-0.4, -0.2) is 43.0 Å². The van der Waals surface area contributed by atoms with Gasteiger partial charge in [-0.1, -0.05) is 37.3 Å². The zero-order chi connectivity index (χ0) is 19.6. The van der Waals surface area contributed by atoms with E-state index >= 15 is 0 Å². The van der Waals surface area contributed by atoms with Crippen molar-refractivity contribution in [2.45, 2.75) is 25.8 Å². The van der Waals surface area contributed by atoms with Gasteiger partial charge in [0, 0.05) is 17.2 Å². The van der Waals surface area contributed by atoms with Crippen LogP contribution in [0.15, 0.2) is 54.6 Å². The number of nitrogens with zero attached hydrogens (tertiary/aromatic N) is 1. The normalized spacial score (nSPS) is 11.5. The number of hydrogen-bond acceptors (Lipinski definition) is 3. The highest BCUT2D eigenvalue weighted by molar-refractivity contribution is 14.1. The molecular weight excluding hydrogens is 455 g/mol. The molecule has 0 aliphatic heterocycles. The molecule has 0 radical (unpaired) electrons. The first-order valence-electron chi connectivity index (χ1n) is 8.98. The van der Waals surface area contributed by atoms with Gasteiger partial charge in [-0.25, -0.2) is 0 Å². The molecule has 0 bridgehead atoms. The van der Waals surface area contributed by atoms with Gasteiger partial charge < -0.3 is 15.0 Å². The summed E-state index contributed by atoms with van der Waals surface area (Å²) >= 11 is 2.22. The summed E-state index contributed by atoms with van der Waals surface area (Å²) in [7, 11) is 1.59. The summed E-state index contributed by atoms with van der Waals surface area (Å²) in [5.74, 6) is 0.285. The summed E-state index contributed by atoms with van der Waals surface area (Å²) in [4.78, 5) is 26.7. The van der Waals surface area contributed by atoms with Crippen LogP contribution in [0.3, 0.4) is 0 Å². The van der Waals surface area contributed by atoms with E-state index in [1.807, 2.05) is 61.5 Å². The van der Waals surface area contributed by atoms with Gasteiger partial charge in [-0.15, -0.1) is 0 Å². The molecule has 1 N–H and O–H groups in total. The molecule has 2 aromatic carbocycles. The highest BCUT2D eigenvalue weighted by Crippen LogP contribution is 2.15. The minimum atomic E-state index is -0.508. The number of carbonyl (C=O) groups excluding carboxylic acids is 2. The van der Waals surface area contributed by atoms with Gasteiger partial charge in [-0.2, -0.15) is 0 Å². The standard InChI is InChI=1S/C21H25IN2O3/c1-3-19(21(26)23-2)24(14-13-16-7-5-4-6-8-16)20(25)15-27-18-11-9-17(22)10-12-18/h4-12,19H,3,13-15H2,1-2H3,(H,23,26). The van der Waals surface area contributed by atoms with E-state index in [1.165, 1.54) is 0 Å². The van der Waals surface area contributed by atoms with Gasteiger partial charge in [-0.3, -0.25) is 9.59 Å². The monoisotopic (exact) mass is 480 g/mol. The minimum Gasteiger partial charge on any atom is -0.484 e. The largest absolute Gasteiger partial charge is 0.484 e. The van der Waals surface area contributed by atoms with Crippen LogP contribution in [0.2, 0.25) is 0 Å². The molecule has 0 heterocycles. The molecule has 0 fully saturated rings. The van der Waals surface area contributed by atoms with E-state index in [0.29, 0.717) is 25.1 Å². The maximum atomic E-state index is 12.8. The molecule has 144 valence electrons. The maximum absolute atomic E-state index is 12.8. The lowest BCUT2D eigenvalue weighted by molar-refractivity contribution is -0.142. The lowest BCUT2D eigenvalue weighted by Crippen LogP contribution is -2.50. The lowest BCUT2D eigenvalue weighted by Gasteiger charge is -2.30. The van der Waals surface area contributed by atoms with Crippen LogP contribution in [0.4, 0.5) is 0 Å². The van der Waals surface area contributed by atoms with Crippen molar-refractivity contribution in [2.24, 2.45) is 0 Å². The Bertz CT molecular complexity index is 735. The SMILES string of the molecule is CCC(C(=O)NC)N(CCc1ccccc1)C(=O)COc1ccc(I)cc1. The van der Waals surface area contributed by atoms with Crippen LogP contribution >= 0.6 is 22.6 Å². The number of nitrogens with one attached hydrogen (secondary N) is 1. The van der Waals surface area contributed by atoms with Gasteiger partial charge in [0.05, 0.1) is 0 Å². The highest BCUT2D eigenvalue weighted by atomic mass is 127. The van der Waals surface area contributed by atoms with Crippen LogP contribution in [0, 0.1) is 3.57 Å². The molecule has 0 aromatic heterocycles. The zero-order valence-corrected chi connectivity index (χ0v) is 17.8. The topological polar surface area (TPSA) is 58.6 Å². The molecule has 1 atom stereocenters. The van der Waals surface area contributed by atoms with Crippen LogP contribution in [0.25, 0.3) is 0 Å². The third-order valence-electron chi connectivity index (χ3n) is 4.29. The Balaban J connectivity index is 2.07. The van der Waals surface area contributed by atoms with E-state index < -0.39 is 6.04 Å². The number of carbonyl (C=O) groups is 2. The fraction of sp³-hybridized carbons (Fsp3) is 0.333. The second-order valence-corrected chi connectivity index (χ2v) is 7.35. The van der Waals surface area contributed by atoms with Crippen molar-refractivity contribution in [3.8, 4) is 5.75 Å². The molecule has 0 saturated carbocycles. The van der Waals surface area contributed by atoms with E-state index in [2.05, 4.69) is 27.9 Å². The van der Waals surface area contributed by atoms with E-state index in [1.54, 1.807) is 11.9 Å². The molecule has 0 spiro atoms. The van der Waals surface area contributed by atoms with Crippen LogP contribution in [0.5, 0.6) is 5.75 Å². The molecule has 5 nitrogen and oxygen atoms in total. The van der Waals surface area contributed by atoms with Crippen LogP contribution in [0.1, 0.15) is 18.9 Å². The Morgan fingerprint density at radius 1 is 1.11 bits per heavy atom. The molecule has 0 saturated heterocycles. The maximum Gasteiger partial charge on any atom is 0.261 e. The molecule has 1 unspecified atom stereocenters. The predicted octanol–water partition coefficient (Wildman–Crippen LogP) is 3.27. The molecule has 0 aliphatic carbocycles. The Morgan fingerprint density at radius 3 is 2.37 bits per heavy atom. The third kappa shape index (κ3) is 6.53. The molecule has 2 amide bonds. The Labute approximate surface area is 174 Å². The van der Waals surface area contributed by atoms with Crippen molar-refractivity contribution >= 4 is 34.4 Å². The molecule has 0 aliphatic rings. The van der Waals surface area contributed by atoms with E-state index in [9.17, 15) is 9.59 Å². The summed E-state index contributed by atoms with van der Waals surface area (Å²) in [5.41, 5.74) is 1.13. The average Bonchev–Trinajstić information content (AvgIpc) is 2.70. The second-order valence-electron chi connectivity index (χ2n) is 6.10. The van der Waals surface area contributed by atoms with Crippen molar-refractivity contribution in [3.05, 3.63) is 63.7 Å². The zero-order valence-electron chi connectivity index (χ0n) is 15.7. The summed E-state index contributed by atoms with van der Waals surface area (Å²) in [5, 5.41) is 2.66. The number of ether oxygens (including phenoxy) is 1. The van der Waals surface area contributed by atoms with Gasteiger partial charge in [-0.05, 0) is 65.3 Å². The second kappa shape index (κ2) is 10.9. The summed E-state index contributed by atoms with van der Waals surface area (Å²) < 4.78 is 6.74. The van der Waals surface area contributed by atoms with Gasteiger partial charge in [0.15, 0.2) is 6.61 Å². The number of benzene rings is 2. The lowest BCUT2D eigenvalue weighted by atomic mass is 10.1. The van der Waals surface area contributed by atoms with Gasteiger partial charge in [0.2, 0.25) is 5.91 Å². The molecule has 27 heavy (non-hydrogen) atoms. The number of rotatable bonds is 9. The first-order valence-corrected chi connectivity index (χ1v) is 10.1. The summed E-state index contributed by atoms with van der Waals surface area (Å²) in [6.07, 6.45) is 1.23. The van der Waals surface area contributed by atoms with Crippen molar-refractivity contribution in [1.29, 1.82) is 0 Å². The average molecular weight is 480 g/mol. The number of amides is 2. The van der Waals surface area contributed by atoms with Crippen molar-refractivity contribution in [1.82, 2.24) is 10.2 Å². The molecule has 2 aromatic rings. The van der Waals surface area contributed by atoms with Crippen molar-refractivity contribution in [3.63, 3.8) is 0 Å². The number of hydrogen-bond donors (Lipinski definition) is 1. The summed E-state index contributed by atoms with van der Waals surface area (Å²) in [6, 6.07) is 16.9. The Hall–Kier alpha value is -2.09. The van der Waals surface area contributed by atoms with Crippen LogP contribution < -0.4 is 10.1 Å². The van der Waals surface area contributed by atoms with Gasteiger partial charge >= 0.3 is 0 Å². The minimum absolute atomic E-state index is 0.0944. The highest BCUT2D eigenvalue weighted by Gasteiger charge is 2.27. The van der Waals surface area contributed by atoms with Gasteiger partial charge in [0.1, 0.15) is 11.8 Å². The van der Waals surface area contributed by atoms with Crippen LogP contribution in [-0.2, 0) is 16.0 Å². The Morgan fingerprint density at radius 2 is 1.78 bits per heavy atom. The predicted molar refractivity (Wildman–Crippen MR) is 115 cm³/mol. The molecule has 6 heteroatoms. The van der Waals surface area contributed by atoms with E-state index in [-0.39, 0.29) is 18.4 Å². The number of halogens is 1. The van der Waals surface area contributed by atoms with Crippen molar-refractivity contribution < 1.29 is 14.3 Å². The Kier molecular flexibility index (Phi) is 8.57. The summed E-state index contributed by atoms with van der Waals surface area (Å²) in [6.45, 7) is 2.27. The molecular formula is C21H25IN2O3. The fourth-order valence-corrected chi connectivity index (χ4v) is 3.18. The van der Waals surface area contributed by atoms with E-state index in [4.69, 9.17) is 4.74 Å². The van der Waals surface area contributed by atoms with Crippen molar-refractivity contribution in [2.75, 3.05) is 20.2 Å². The number of likely N-dealkylation sites (N-methyl/N-ethyl adjacent to an activating group) is 1. The quantitative estimate of drug-likeness (QED) is 0.561. The first kappa shape index (κ1) is 21.2. The van der Waals surface area contributed by atoms with Gasteiger partial charge in [0.25, 0.3) is 5.91 Å². The molecule has 2 rings (SSSR count). The first-order chi connectivity index (χ1) is 13.0. The fourth-order valence-electron chi connectivity index (χ4n) is 2.82. The van der Waals surface area contributed by atoms with E-state index in [0.717, 1.165) is 9.13 Å². The smallest absolute Gasteiger partial charge is 0.261 e. The third-order valence-corrected chi connectivity index (χ3v) is 5.01.